The van der Waals surface area contributed by atoms with Gasteiger partial charge < -0.3 is 13.9 Å². The van der Waals surface area contributed by atoms with Crippen molar-refractivity contribution in [1.82, 2.24) is 24.1 Å². The van der Waals surface area contributed by atoms with E-state index in [1.54, 1.807) is 0 Å². The Morgan fingerprint density at radius 3 is 2.50 bits per heavy atom. The first-order chi connectivity index (χ1) is 16.4. The average molecular weight is 464 g/mol. The molecule has 2 aromatic rings. The molecule has 0 aliphatic carbocycles. The van der Waals surface area contributed by atoms with E-state index in [1.165, 1.54) is 0 Å². The molecule has 0 atom stereocenters. The van der Waals surface area contributed by atoms with E-state index in [4.69, 9.17) is 4.74 Å². The van der Waals surface area contributed by atoms with Crippen molar-refractivity contribution in [3.05, 3.63) is 68.6 Å². The van der Waals surface area contributed by atoms with Gasteiger partial charge in [0.15, 0.2) is 11.5 Å². The molecular formula is C25H29N5O4. The van der Waals surface area contributed by atoms with Crippen LogP contribution in [0.25, 0.3) is 22.6 Å². The number of carbonyl (C=O) groups is 1. The zero-order valence-electron chi connectivity index (χ0n) is 19.5. The van der Waals surface area contributed by atoms with Crippen molar-refractivity contribution in [2.24, 2.45) is 0 Å². The first kappa shape index (κ1) is 23.4. The Kier molecular flexibility index (Phi) is 7.20. The Morgan fingerprint density at radius 1 is 0.971 bits per heavy atom. The Hall–Kier alpha value is -3.75. The quantitative estimate of drug-likeness (QED) is 0.220. The number of benzene rings is 1. The fourth-order valence-corrected chi connectivity index (χ4v) is 4.00. The van der Waals surface area contributed by atoms with Crippen LogP contribution in [0, 0.1) is 13.8 Å². The predicted octanol–water partition coefficient (Wildman–Crippen LogP) is 3.20. The van der Waals surface area contributed by atoms with Crippen LogP contribution in [-0.4, -0.2) is 36.7 Å². The van der Waals surface area contributed by atoms with E-state index >= 15 is 0 Å². The van der Waals surface area contributed by atoms with Gasteiger partial charge in [0.2, 0.25) is 0 Å². The summed E-state index contributed by atoms with van der Waals surface area (Å²) in [5.41, 5.74) is 2.71. The Balaban J connectivity index is 1.34. The van der Waals surface area contributed by atoms with Gasteiger partial charge in [0.05, 0.1) is 24.1 Å². The highest BCUT2D eigenvalue weighted by atomic mass is 16.5. The normalized spacial score (nSPS) is 11.4. The fourth-order valence-electron chi connectivity index (χ4n) is 4.00. The van der Waals surface area contributed by atoms with Gasteiger partial charge in [-0.1, -0.05) is 6.42 Å². The number of nitrogens with zero attached hydrogens (tertiary/aromatic N) is 4. The Labute approximate surface area is 196 Å². The molecule has 2 aliphatic heterocycles. The van der Waals surface area contributed by atoms with Crippen molar-refractivity contribution < 1.29 is 9.53 Å². The first-order valence-electron chi connectivity index (χ1n) is 11.6. The number of nitrogens with one attached hydrogen (secondary N) is 1. The van der Waals surface area contributed by atoms with Crippen molar-refractivity contribution in [1.29, 1.82) is 0 Å². The van der Waals surface area contributed by atoms with E-state index in [0.29, 0.717) is 37.5 Å². The topological polar surface area (TPSA) is 112 Å². The number of aromatic amines is 1. The Bertz CT molecular complexity index is 1370. The molecule has 1 N–H and O–H groups in total. The van der Waals surface area contributed by atoms with Gasteiger partial charge in [-0.15, -0.1) is 0 Å². The molecule has 0 bridgehead atoms. The standard InChI is InChI=1S/C25H29N5O4/c1-17-15-19-20(16-18(17)2)30(23-22(26-19)24(32)28-25(33)27-23)12-5-3-4-8-14-34-21(31)9-13-29-10-6-7-11-29/h6-7,10-11,15-16H,3-5,8-9,12-14H2,1-2H3,(H,28,32,33). The number of hydrogen-bond acceptors (Lipinski definition) is 6. The smallest absolute Gasteiger partial charge is 0.349 e. The van der Waals surface area contributed by atoms with E-state index in [2.05, 4.69) is 15.0 Å². The third kappa shape index (κ3) is 5.41. The number of ether oxygens (including phenoxy) is 1. The van der Waals surface area contributed by atoms with Crippen LogP contribution in [0.3, 0.4) is 0 Å². The van der Waals surface area contributed by atoms with Crippen molar-refractivity contribution >= 4 is 17.0 Å². The largest absolute Gasteiger partial charge is 0.466 e. The third-order valence-electron chi connectivity index (χ3n) is 6.00. The summed E-state index contributed by atoms with van der Waals surface area (Å²) in [6, 6.07) is 7.83. The van der Waals surface area contributed by atoms with Crippen LogP contribution in [0.5, 0.6) is 0 Å². The molecule has 0 saturated heterocycles. The number of rotatable bonds is 10. The second-order valence-corrected chi connectivity index (χ2v) is 8.54. The van der Waals surface area contributed by atoms with Crippen LogP contribution < -0.4 is 11.2 Å². The molecule has 0 radical (unpaired) electrons. The maximum atomic E-state index is 12.3. The number of aromatic nitrogens is 5. The van der Waals surface area contributed by atoms with Gasteiger partial charge in [-0.05, 0) is 68.5 Å². The lowest BCUT2D eigenvalue weighted by molar-refractivity contribution is -0.144. The summed E-state index contributed by atoms with van der Waals surface area (Å²) in [6.07, 6.45) is 7.65. The molecule has 34 heavy (non-hydrogen) atoms. The third-order valence-corrected chi connectivity index (χ3v) is 6.00. The highest BCUT2D eigenvalue weighted by Gasteiger charge is 2.19. The summed E-state index contributed by atoms with van der Waals surface area (Å²) in [6.45, 7) is 5.66. The highest BCUT2D eigenvalue weighted by Crippen LogP contribution is 2.24. The molecule has 4 rings (SSSR count). The molecule has 9 heteroatoms. The van der Waals surface area contributed by atoms with Gasteiger partial charge in [0, 0.05) is 25.5 Å². The SMILES string of the molecule is Cc1cc2nc3c(=O)[nH]c(=O)nc-3n(CCCCCCOC(=O)CCn3cccc3)c2cc1C. The molecule has 1 aromatic heterocycles. The predicted molar refractivity (Wildman–Crippen MR) is 129 cm³/mol. The number of H-pyrrole nitrogens is 1. The maximum Gasteiger partial charge on any atom is 0.349 e. The van der Waals surface area contributed by atoms with E-state index in [9.17, 15) is 14.4 Å². The van der Waals surface area contributed by atoms with Gasteiger partial charge in [-0.3, -0.25) is 14.6 Å². The molecule has 0 fully saturated rings. The van der Waals surface area contributed by atoms with Crippen molar-refractivity contribution in [3.8, 4) is 11.5 Å². The van der Waals surface area contributed by atoms with E-state index < -0.39 is 11.2 Å². The molecule has 3 heterocycles. The number of aryl methyl sites for hydroxylation is 4. The lowest BCUT2D eigenvalue weighted by atomic mass is 10.1. The van der Waals surface area contributed by atoms with E-state index in [0.717, 1.165) is 42.3 Å². The van der Waals surface area contributed by atoms with Crippen LogP contribution in [0.15, 0.2) is 46.2 Å². The number of unbranched alkanes of at least 4 members (excludes halogenated alkanes) is 3. The van der Waals surface area contributed by atoms with Crippen LogP contribution in [0.1, 0.15) is 43.2 Å². The maximum absolute atomic E-state index is 12.3. The van der Waals surface area contributed by atoms with Crippen molar-refractivity contribution in [2.45, 2.75) is 59.0 Å². The highest BCUT2D eigenvalue weighted by molar-refractivity contribution is 5.81. The molecule has 9 nitrogen and oxygen atoms in total. The molecule has 0 spiro atoms. The van der Waals surface area contributed by atoms with E-state index in [-0.39, 0.29) is 11.7 Å². The van der Waals surface area contributed by atoms with Gasteiger partial charge in [0.1, 0.15) is 0 Å². The average Bonchev–Trinajstić information content (AvgIpc) is 3.32. The minimum atomic E-state index is -0.671. The monoisotopic (exact) mass is 463 g/mol. The van der Waals surface area contributed by atoms with Crippen LogP contribution in [-0.2, 0) is 22.6 Å². The molecule has 0 saturated carbocycles. The second kappa shape index (κ2) is 10.5. The summed E-state index contributed by atoms with van der Waals surface area (Å²) >= 11 is 0. The van der Waals surface area contributed by atoms with Crippen molar-refractivity contribution in [3.63, 3.8) is 0 Å². The van der Waals surface area contributed by atoms with E-state index in [1.807, 2.05) is 59.6 Å². The second-order valence-electron chi connectivity index (χ2n) is 8.54. The number of carbonyl (C=O) groups excluding carboxylic acids is 1. The summed E-state index contributed by atoms with van der Waals surface area (Å²) in [7, 11) is 0. The summed E-state index contributed by atoms with van der Waals surface area (Å²) in [4.78, 5) is 46.8. The molecule has 0 amide bonds. The van der Waals surface area contributed by atoms with Gasteiger partial charge >= 0.3 is 11.7 Å². The minimum Gasteiger partial charge on any atom is -0.466 e. The number of esters is 1. The molecule has 0 unspecified atom stereocenters. The fraction of sp³-hybridized carbons (Fsp3) is 0.400. The lowest BCUT2D eigenvalue weighted by Gasteiger charge is -2.17. The number of hydrogen-bond donors (Lipinski definition) is 1. The minimum absolute atomic E-state index is 0.169. The zero-order valence-corrected chi connectivity index (χ0v) is 19.5. The molecule has 178 valence electrons. The molecule has 1 aromatic carbocycles. The van der Waals surface area contributed by atoms with Gasteiger partial charge in [0.25, 0.3) is 5.56 Å². The van der Waals surface area contributed by atoms with Gasteiger partial charge in [-0.2, -0.15) is 4.98 Å². The summed E-state index contributed by atoms with van der Waals surface area (Å²) in [5.74, 6) is 0.121. The molecule has 2 aliphatic rings. The van der Waals surface area contributed by atoms with Crippen LogP contribution in [0.2, 0.25) is 0 Å². The summed E-state index contributed by atoms with van der Waals surface area (Å²) < 4.78 is 9.19. The zero-order chi connectivity index (χ0) is 24.1. The first-order valence-corrected chi connectivity index (χ1v) is 11.6. The van der Waals surface area contributed by atoms with Crippen LogP contribution >= 0.6 is 0 Å². The van der Waals surface area contributed by atoms with Crippen LogP contribution in [0.4, 0.5) is 0 Å². The molecular weight excluding hydrogens is 434 g/mol. The number of fused-ring (bicyclic) bond motifs is 2. The lowest BCUT2D eigenvalue weighted by Crippen LogP contribution is -2.29. The van der Waals surface area contributed by atoms with Crippen molar-refractivity contribution in [2.75, 3.05) is 6.61 Å². The Morgan fingerprint density at radius 2 is 1.71 bits per heavy atom. The summed E-state index contributed by atoms with van der Waals surface area (Å²) in [5, 5.41) is 0. The van der Waals surface area contributed by atoms with Gasteiger partial charge in [-0.25, -0.2) is 9.78 Å².